The maximum atomic E-state index is 13.1. The number of carbonyl (C=O) groups excluding carboxylic acids is 1. The average molecular weight is 313 g/mol. The average Bonchev–Trinajstić information content (AvgIpc) is 2.96. The SMILES string of the molecule is CC1(Oc2cc(C(=O)[O-])ccc2C(F)(F)F)CC2CCC1C2. The summed E-state index contributed by atoms with van der Waals surface area (Å²) in [4.78, 5) is 10.9. The maximum Gasteiger partial charge on any atom is 0.419 e. The van der Waals surface area contributed by atoms with E-state index < -0.39 is 29.1 Å². The molecule has 3 rings (SSSR count). The molecule has 2 bridgehead atoms. The predicted octanol–water partition coefficient (Wildman–Crippen LogP) is 3.03. The smallest absolute Gasteiger partial charge is 0.419 e. The highest BCUT2D eigenvalue weighted by molar-refractivity contribution is 5.86. The molecule has 22 heavy (non-hydrogen) atoms. The standard InChI is InChI=1S/C16H17F3O3/c1-15(8-9-2-4-11(15)6-9)22-13-7-10(14(20)21)3-5-12(13)16(17,18)19/h3,5,7,9,11H,2,4,6,8H2,1H3,(H,20,21)/p-1. The molecule has 3 unspecified atom stereocenters. The van der Waals surface area contributed by atoms with E-state index in [9.17, 15) is 23.1 Å². The van der Waals surface area contributed by atoms with Crippen molar-refractivity contribution in [2.24, 2.45) is 11.8 Å². The lowest BCUT2D eigenvalue weighted by molar-refractivity contribution is -0.255. The van der Waals surface area contributed by atoms with Crippen LogP contribution in [0.4, 0.5) is 13.2 Å². The summed E-state index contributed by atoms with van der Waals surface area (Å²) in [5.74, 6) is -1.21. The molecule has 6 heteroatoms. The second kappa shape index (κ2) is 4.89. The molecule has 2 saturated carbocycles. The van der Waals surface area contributed by atoms with Crippen LogP contribution in [0.1, 0.15) is 48.5 Å². The summed E-state index contributed by atoms with van der Waals surface area (Å²) in [5.41, 5.74) is -1.91. The third-order valence-electron chi connectivity index (χ3n) is 4.96. The van der Waals surface area contributed by atoms with Gasteiger partial charge in [0.1, 0.15) is 11.4 Å². The second-order valence-corrected chi connectivity index (χ2v) is 6.49. The fourth-order valence-corrected chi connectivity index (χ4v) is 3.90. The number of halogens is 3. The number of ether oxygens (including phenoxy) is 1. The molecule has 120 valence electrons. The van der Waals surface area contributed by atoms with Crippen LogP contribution in [0.15, 0.2) is 18.2 Å². The molecule has 2 aliphatic carbocycles. The summed E-state index contributed by atoms with van der Waals surface area (Å²) < 4.78 is 45.1. The van der Waals surface area contributed by atoms with Crippen LogP contribution in [0.25, 0.3) is 0 Å². The Kier molecular flexibility index (Phi) is 3.38. The van der Waals surface area contributed by atoms with Gasteiger partial charge in [-0.3, -0.25) is 0 Å². The van der Waals surface area contributed by atoms with Gasteiger partial charge in [0.15, 0.2) is 0 Å². The van der Waals surface area contributed by atoms with E-state index in [1.807, 2.05) is 6.92 Å². The number of hydrogen-bond acceptors (Lipinski definition) is 3. The van der Waals surface area contributed by atoms with Gasteiger partial charge in [-0.2, -0.15) is 13.2 Å². The van der Waals surface area contributed by atoms with Crippen LogP contribution in [0.3, 0.4) is 0 Å². The van der Waals surface area contributed by atoms with Gasteiger partial charge in [-0.05, 0) is 56.6 Å². The van der Waals surface area contributed by atoms with Gasteiger partial charge in [0.2, 0.25) is 0 Å². The van der Waals surface area contributed by atoms with Crippen LogP contribution >= 0.6 is 0 Å². The van der Waals surface area contributed by atoms with Crippen molar-refractivity contribution in [3.63, 3.8) is 0 Å². The molecule has 0 radical (unpaired) electrons. The zero-order chi connectivity index (χ0) is 16.1. The number of carboxylic acids is 1. The Labute approximate surface area is 126 Å². The molecule has 3 atom stereocenters. The topological polar surface area (TPSA) is 49.4 Å². The molecule has 1 aromatic rings. The van der Waals surface area contributed by atoms with Crippen molar-refractivity contribution >= 4 is 5.97 Å². The first-order valence-electron chi connectivity index (χ1n) is 7.30. The Bertz CT molecular complexity index is 611. The molecule has 3 nitrogen and oxygen atoms in total. The van der Waals surface area contributed by atoms with Crippen molar-refractivity contribution in [3.8, 4) is 5.75 Å². The largest absolute Gasteiger partial charge is 0.545 e. The summed E-state index contributed by atoms with van der Waals surface area (Å²) >= 11 is 0. The Morgan fingerprint density at radius 1 is 1.36 bits per heavy atom. The fraction of sp³-hybridized carbons (Fsp3) is 0.562. The lowest BCUT2D eigenvalue weighted by Crippen LogP contribution is -2.38. The Morgan fingerprint density at radius 3 is 2.59 bits per heavy atom. The van der Waals surface area contributed by atoms with Crippen LogP contribution in [-0.4, -0.2) is 11.6 Å². The van der Waals surface area contributed by atoms with E-state index in [1.165, 1.54) is 0 Å². The third kappa shape index (κ3) is 2.55. The van der Waals surface area contributed by atoms with Gasteiger partial charge in [-0.1, -0.05) is 6.07 Å². The molecule has 0 aliphatic heterocycles. The summed E-state index contributed by atoms with van der Waals surface area (Å²) in [6.07, 6.45) is -0.867. The zero-order valence-electron chi connectivity index (χ0n) is 12.1. The molecule has 0 aromatic heterocycles. The van der Waals surface area contributed by atoms with Gasteiger partial charge < -0.3 is 14.6 Å². The first-order chi connectivity index (χ1) is 10.2. The van der Waals surface area contributed by atoms with Crippen molar-refractivity contribution in [1.82, 2.24) is 0 Å². The van der Waals surface area contributed by atoms with Gasteiger partial charge in [0.25, 0.3) is 0 Å². The van der Waals surface area contributed by atoms with E-state index in [4.69, 9.17) is 4.74 Å². The number of alkyl halides is 3. The van der Waals surface area contributed by atoms with Crippen molar-refractivity contribution in [1.29, 1.82) is 0 Å². The van der Waals surface area contributed by atoms with Crippen LogP contribution in [0, 0.1) is 11.8 Å². The van der Waals surface area contributed by atoms with Gasteiger partial charge in [0.05, 0.1) is 11.5 Å². The highest BCUT2D eigenvalue weighted by Crippen LogP contribution is 2.53. The minimum absolute atomic E-state index is 0.227. The van der Waals surface area contributed by atoms with Crippen LogP contribution in [0.2, 0.25) is 0 Å². The van der Waals surface area contributed by atoms with Crippen molar-refractivity contribution < 1.29 is 27.8 Å². The minimum atomic E-state index is -4.59. The van der Waals surface area contributed by atoms with E-state index in [1.54, 1.807) is 0 Å². The molecule has 0 N–H and O–H groups in total. The monoisotopic (exact) mass is 313 g/mol. The summed E-state index contributed by atoms with van der Waals surface area (Å²) in [6, 6.07) is 2.57. The number of carbonyl (C=O) groups is 1. The van der Waals surface area contributed by atoms with Crippen molar-refractivity contribution in [2.45, 2.75) is 44.4 Å². The third-order valence-corrected chi connectivity index (χ3v) is 4.96. The van der Waals surface area contributed by atoms with Crippen molar-refractivity contribution in [3.05, 3.63) is 29.3 Å². The molecule has 1 aromatic carbocycles. The molecular formula is C16H16F3O3-. The number of rotatable bonds is 3. The van der Waals surface area contributed by atoms with Gasteiger partial charge >= 0.3 is 6.18 Å². The van der Waals surface area contributed by atoms with Crippen LogP contribution in [0.5, 0.6) is 5.75 Å². The molecule has 0 amide bonds. The van der Waals surface area contributed by atoms with Gasteiger partial charge in [-0.25, -0.2) is 0 Å². The lowest BCUT2D eigenvalue weighted by Gasteiger charge is -2.35. The minimum Gasteiger partial charge on any atom is -0.545 e. The Balaban J connectivity index is 1.97. The quantitative estimate of drug-likeness (QED) is 0.862. The normalized spacial score (nSPS) is 30.5. The van der Waals surface area contributed by atoms with E-state index >= 15 is 0 Å². The van der Waals surface area contributed by atoms with Gasteiger partial charge in [-0.15, -0.1) is 0 Å². The van der Waals surface area contributed by atoms with E-state index in [0.29, 0.717) is 12.3 Å². The fourth-order valence-electron chi connectivity index (χ4n) is 3.90. The molecule has 0 heterocycles. The van der Waals surface area contributed by atoms with E-state index in [2.05, 4.69) is 0 Å². The molecule has 2 fully saturated rings. The highest BCUT2D eigenvalue weighted by atomic mass is 19.4. The predicted molar refractivity (Wildman–Crippen MR) is 70.3 cm³/mol. The van der Waals surface area contributed by atoms with Crippen LogP contribution < -0.4 is 9.84 Å². The highest BCUT2D eigenvalue weighted by Gasteiger charge is 2.50. The maximum absolute atomic E-state index is 13.1. The molecule has 0 saturated heterocycles. The number of benzene rings is 1. The van der Waals surface area contributed by atoms with Crippen molar-refractivity contribution in [2.75, 3.05) is 0 Å². The second-order valence-electron chi connectivity index (χ2n) is 6.49. The Hall–Kier alpha value is -1.72. The lowest BCUT2D eigenvalue weighted by atomic mass is 9.85. The summed E-state index contributed by atoms with van der Waals surface area (Å²) in [6.45, 7) is 1.82. The number of carboxylic acid groups (broad SMARTS) is 1. The van der Waals surface area contributed by atoms with E-state index in [0.717, 1.165) is 37.5 Å². The summed E-state index contributed by atoms with van der Waals surface area (Å²) in [5, 5.41) is 10.9. The first-order valence-corrected chi connectivity index (χ1v) is 7.30. The number of fused-ring (bicyclic) bond motifs is 2. The zero-order valence-corrected chi connectivity index (χ0v) is 12.1. The number of hydrogen-bond donors (Lipinski definition) is 0. The molecular weight excluding hydrogens is 297 g/mol. The van der Waals surface area contributed by atoms with Gasteiger partial charge in [0, 0.05) is 5.56 Å². The number of aromatic carboxylic acids is 1. The summed E-state index contributed by atoms with van der Waals surface area (Å²) in [7, 11) is 0. The van der Waals surface area contributed by atoms with Crippen LogP contribution in [-0.2, 0) is 6.18 Å². The first kappa shape index (κ1) is 15.2. The Morgan fingerprint density at radius 2 is 2.09 bits per heavy atom. The molecule has 0 spiro atoms. The molecule has 2 aliphatic rings. The van der Waals surface area contributed by atoms with E-state index in [-0.39, 0.29) is 11.5 Å².